The molecule has 1 atom stereocenters. The van der Waals surface area contributed by atoms with Crippen LogP contribution in [0.5, 0.6) is 0 Å². The van der Waals surface area contributed by atoms with Crippen LogP contribution < -0.4 is 5.73 Å². The average molecular weight is 260 g/mol. The lowest BCUT2D eigenvalue weighted by Crippen LogP contribution is -2.28. The first kappa shape index (κ1) is 14.4. The van der Waals surface area contributed by atoms with Gasteiger partial charge < -0.3 is 10.5 Å². The number of rotatable bonds is 2. The molecule has 2 rings (SSSR count). The lowest BCUT2D eigenvalue weighted by molar-refractivity contribution is 0.0580. The molecule has 17 heavy (non-hydrogen) atoms. The van der Waals surface area contributed by atoms with Crippen LogP contribution in [-0.4, -0.2) is 13.2 Å². The van der Waals surface area contributed by atoms with E-state index in [1.807, 2.05) is 19.1 Å². The van der Waals surface area contributed by atoms with E-state index in [1.165, 1.54) is 0 Å². The van der Waals surface area contributed by atoms with E-state index in [9.17, 15) is 4.39 Å². The van der Waals surface area contributed by atoms with Gasteiger partial charge in [0.05, 0.1) is 0 Å². The zero-order valence-electron chi connectivity index (χ0n) is 9.99. The minimum atomic E-state index is -0.204. The Morgan fingerprint density at radius 2 is 2.00 bits per heavy atom. The smallest absolute Gasteiger partial charge is 0.128 e. The van der Waals surface area contributed by atoms with Crippen LogP contribution in [0.4, 0.5) is 4.39 Å². The van der Waals surface area contributed by atoms with Crippen molar-refractivity contribution in [3.05, 3.63) is 35.1 Å². The highest BCUT2D eigenvalue weighted by Crippen LogP contribution is 2.29. The van der Waals surface area contributed by atoms with Gasteiger partial charge in [0.1, 0.15) is 5.82 Å². The summed E-state index contributed by atoms with van der Waals surface area (Å²) in [5.74, 6) is 0.157. The van der Waals surface area contributed by atoms with Crippen molar-refractivity contribution < 1.29 is 9.13 Å². The van der Waals surface area contributed by atoms with Crippen LogP contribution in [0.2, 0.25) is 0 Å². The molecule has 1 aromatic carbocycles. The third-order valence-electron chi connectivity index (χ3n) is 3.29. The number of nitrogens with two attached hydrogens (primary N) is 1. The molecule has 0 aromatic heterocycles. The number of aryl methyl sites for hydroxylation is 1. The molecule has 0 bridgehead atoms. The zero-order valence-corrected chi connectivity index (χ0v) is 10.8. The van der Waals surface area contributed by atoms with Gasteiger partial charge in [0.25, 0.3) is 0 Å². The molecule has 1 fully saturated rings. The fraction of sp³-hybridized carbons (Fsp3) is 0.538. The van der Waals surface area contributed by atoms with E-state index in [0.717, 1.165) is 31.6 Å². The van der Waals surface area contributed by atoms with Gasteiger partial charge >= 0.3 is 0 Å². The quantitative estimate of drug-likeness (QED) is 0.886. The lowest BCUT2D eigenvalue weighted by Gasteiger charge is -2.28. The number of halogens is 2. The molecule has 4 heteroatoms. The van der Waals surface area contributed by atoms with Crippen molar-refractivity contribution in [2.24, 2.45) is 11.7 Å². The van der Waals surface area contributed by atoms with Gasteiger partial charge in [-0.05, 0) is 37.3 Å². The Labute approximate surface area is 108 Å². The first-order valence-corrected chi connectivity index (χ1v) is 5.78. The highest BCUT2D eigenvalue weighted by Gasteiger charge is 2.24. The van der Waals surface area contributed by atoms with Crippen molar-refractivity contribution in [1.29, 1.82) is 0 Å². The second-order valence-electron chi connectivity index (χ2n) is 4.50. The van der Waals surface area contributed by atoms with Crippen LogP contribution in [0.15, 0.2) is 18.2 Å². The van der Waals surface area contributed by atoms with Crippen LogP contribution in [-0.2, 0) is 4.74 Å². The summed E-state index contributed by atoms with van der Waals surface area (Å²) < 4.78 is 19.0. The molecule has 1 heterocycles. The summed E-state index contributed by atoms with van der Waals surface area (Å²) in [6.45, 7) is 3.37. The summed E-state index contributed by atoms with van der Waals surface area (Å²) in [5.41, 5.74) is 7.69. The van der Waals surface area contributed by atoms with Crippen molar-refractivity contribution in [3.63, 3.8) is 0 Å². The van der Waals surface area contributed by atoms with E-state index in [-0.39, 0.29) is 24.3 Å². The van der Waals surface area contributed by atoms with Gasteiger partial charge in [-0.15, -0.1) is 12.4 Å². The summed E-state index contributed by atoms with van der Waals surface area (Å²) >= 11 is 0. The predicted molar refractivity (Wildman–Crippen MR) is 68.9 cm³/mol. The molecule has 2 N–H and O–H groups in total. The van der Waals surface area contributed by atoms with Gasteiger partial charge in [0.15, 0.2) is 0 Å². The minimum absolute atomic E-state index is 0. The zero-order chi connectivity index (χ0) is 11.5. The Kier molecular flexibility index (Phi) is 5.37. The van der Waals surface area contributed by atoms with Crippen LogP contribution in [0, 0.1) is 18.7 Å². The van der Waals surface area contributed by atoms with Crippen molar-refractivity contribution >= 4 is 12.4 Å². The Morgan fingerprint density at radius 1 is 1.35 bits per heavy atom. The van der Waals surface area contributed by atoms with Gasteiger partial charge in [-0.2, -0.15) is 0 Å². The molecule has 2 nitrogen and oxygen atoms in total. The van der Waals surface area contributed by atoms with E-state index in [0.29, 0.717) is 11.5 Å². The Bertz CT molecular complexity index is 366. The minimum Gasteiger partial charge on any atom is -0.381 e. The molecule has 0 aliphatic carbocycles. The molecule has 0 radical (unpaired) electrons. The van der Waals surface area contributed by atoms with Crippen LogP contribution in [0.3, 0.4) is 0 Å². The van der Waals surface area contributed by atoms with Gasteiger partial charge in [-0.1, -0.05) is 12.1 Å². The summed E-state index contributed by atoms with van der Waals surface area (Å²) in [6, 6.07) is 5.07. The molecule has 0 unspecified atom stereocenters. The lowest BCUT2D eigenvalue weighted by atomic mass is 9.87. The summed E-state index contributed by atoms with van der Waals surface area (Å²) in [6.07, 6.45) is 1.85. The Hall–Kier alpha value is -0.640. The third-order valence-corrected chi connectivity index (χ3v) is 3.29. The first-order chi connectivity index (χ1) is 7.68. The molecule has 1 aromatic rings. The monoisotopic (exact) mass is 259 g/mol. The second-order valence-corrected chi connectivity index (χ2v) is 4.50. The van der Waals surface area contributed by atoms with Gasteiger partial charge in [0.2, 0.25) is 0 Å². The van der Waals surface area contributed by atoms with Crippen LogP contribution in [0.1, 0.15) is 30.0 Å². The molecular weight excluding hydrogens is 241 g/mol. The summed E-state index contributed by atoms with van der Waals surface area (Å²) in [5, 5.41) is 0. The SMILES string of the molecule is Cc1ccc([C@@H](N)C2CCOCC2)c(F)c1.Cl. The standard InChI is InChI=1S/C13H18FNO.ClH/c1-9-2-3-11(12(14)8-9)13(15)10-4-6-16-7-5-10;/h2-3,8,10,13H,4-7,15H2,1H3;1H/t13-;/m0./s1. The van der Waals surface area contributed by atoms with Crippen molar-refractivity contribution in [3.8, 4) is 0 Å². The van der Waals surface area contributed by atoms with E-state index >= 15 is 0 Å². The molecule has 0 amide bonds. The molecule has 96 valence electrons. The topological polar surface area (TPSA) is 35.2 Å². The fourth-order valence-electron chi connectivity index (χ4n) is 2.23. The molecule has 1 aliphatic rings. The summed E-state index contributed by atoms with van der Waals surface area (Å²) in [4.78, 5) is 0. The van der Waals surface area contributed by atoms with Crippen LogP contribution in [0.25, 0.3) is 0 Å². The van der Waals surface area contributed by atoms with E-state index < -0.39 is 0 Å². The molecule has 0 saturated carbocycles. The second kappa shape index (κ2) is 6.34. The Balaban J connectivity index is 0.00000144. The predicted octanol–water partition coefficient (Wildman–Crippen LogP) is 2.98. The Morgan fingerprint density at radius 3 is 2.59 bits per heavy atom. The van der Waals surface area contributed by atoms with E-state index in [1.54, 1.807) is 6.07 Å². The normalized spacial score (nSPS) is 18.5. The van der Waals surface area contributed by atoms with Gasteiger partial charge in [-0.25, -0.2) is 4.39 Å². The first-order valence-electron chi connectivity index (χ1n) is 5.78. The highest BCUT2D eigenvalue weighted by molar-refractivity contribution is 5.85. The summed E-state index contributed by atoms with van der Waals surface area (Å²) in [7, 11) is 0. The fourth-order valence-corrected chi connectivity index (χ4v) is 2.23. The molecular formula is C13H19ClFNO. The maximum Gasteiger partial charge on any atom is 0.128 e. The number of ether oxygens (including phenoxy) is 1. The number of hydrogen-bond acceptors (Lipinski definition) is 2. The number of benzene rings is 1. The third kappa shape index (κ3) is 3.41. The van der Waals surface area contributed by atoms with Crippen molar-refractivity contribution in [2.45, 2.75) is 25.8 Å². The molecule has 1 saturated heterocycles. The largest absolute Gasteiger partial charge is 0.381 e. The van der Waals surface area contributed by atoms with Crippen molar-refractivity contribution in [2.75, 3.05) is 13.2 Å². The van der Waals surface area contributed by atoms with E-state index in [4.69, 9.17) is 10.5 Å². The van der Waals surface area contributed by atoms with Gasteiger partial charge in [-0.3, -0.25) is 0 Å². The van der Waals surface area contributed by atoms with Crippen molar-refractivity contribution in [1.82, 2.24) is 0 Å². The van der Waals surface area contributed by atoms with Crippen LogP contribution >= 0.6 is 12.4 Å². The maximum absolute atomic E-state index is 13.7. The molecule has 1 aliphatic heterocycles. The maximum atomic E-state index is 13.7. The van der Waals surface area contributed by atoms with Gasteiger partial charge in [0, 0.05) is 24.8 Å². The number of hydrogen-bond donors (Lipinski definition) is 1. The highest BCUT2D eigenvalue weighted by atomic mass is 35.5. The van der Waals surface area contributed by atoms with E-state index in [2.05, 4.69) is 0 Å². The molecule has 0 spiro atoms. The average Bonchev–Trinajstić information content (AvgIpc) is 2.29.